The molecule has 23 heavy (non-hydrogen) atoms. The molecule has 0 bridgehead atoms. The highest BCUT2D eigenvalue weighted by molar-refractivity contribution is 7.86. The first-order chi connectivity index (χ1) is 10.5. The van der Waals surface area contributed by atoms with Crippen molar-refractivity contribution in [3.05, 3.63) is 54.7 Å². The maximum atomic E-state index is 10.7. The number of rotatable bonds is 0. The van der Waals surface area contributed by atoms with Gasteiger partial charge in [-0.25, -0.2) is 8.42 Å². The van der Waals surface area contributed by atoms with Crippen molar-refractivity contribution >= 4 is 10.1 Å². The third-order valence-corrected chi connectivity index (χ3v) is 6.67. The van der Waals surface area contributed by atoms with E-state index in [1.807, 2.05) is 0 Å². The van der Waals surface area contributed by atoms with Crippen molar-refractivity contribution in [2.24, 2.45) is 0 Å². The predicted molar refractivity (Wildman–Crippen MR) is 74.5 cm³/mol. The molecule has 2 aromatic rings. The maximum Gasteiger partial charge on any atom is 0.485 e. The van der Waals surface area contributed by atoms with Crippen LogP contribution in [0.25, 0.3) is 11.1 Å². The van der Waals surface area contributed by atoms with Gasteiger partial charge in [-0.2, -0.15) is 13.2 Å². The van der Waals surface area contributed by atoms with Gasteiger partial charge in [0.2, 0.25) is 7.14 Å². The van der Waals surface area contributed by atoms with Crippen LogP contribution in [0.2, 0.25) is 0 Å². The number of hydrogen-bond donors (Lipinski definition) is 0. The lowest BCUT2D eigenvalue weighted by molar-refractivity contribution is -0.589. The molecule has 0 unspecified atom stereocenters. The Labute approximate surface area is 142 Å². The molecule has 0 spiro atoms. The molecule has 0 aliphatic carbocycles. The molecular formula is C15H12F3IO3S. The third-order valence-electron chi connectivity index (χ3n) is 3.10. The first kappa shape index (κ1) is 18.2. The molecule has 0 saturated heterocycles. The first-order valence-electron chi connectivity index (χ1n) is 6.38. The summed E-state index contributed by atoms with van der Waals surface area (Å²) in [6.07, 6.45) is 0. The average Bonchev–Trinajstić information content (AvgIpc) is 2.76. The van der Waals surface area contributed by atoms with E-state index in [2.05, 4.69) is 50.2 Å². The van der Waals surface area contributed by atoms with Crippen LogP contribution in [0.15, 0.2) is 36.4 Å². The molecule has 0 atom stereocenters. The minimum absolute atomic E-state index is 0.0732. The van der Waals surface area contributed by atoms with E-state index in [9.17, 15) is 13.2 Å². The molecule has 0 radical (unpaired) electrons. The lowest BCUT2D eigenvalue weighted by atomic mass is 9.99. The monoisotopic (exact) mass is 456 g/mol. The summed E-state index contributed by atoms with van der Waals surface area (Å²) in [4.78, 5) is 0. The van der Waals surface area contributed by atoms with E-state index < -0.39 is 15.6 Å². The topological polar surface area (TPSA) is 57.2 Å². The molecule has 3 nitrogen and oxygen atoms in total. The highest BCUT2D eigenvalue weighted by Gasteiger charge is 2.37. The van der Waals surface area contributed by atoms with Gasteiger partial charge in [0.15, 0.2) is 10.1 Å². The van der Waals surface area contributed by atoms with Crippen LogP contribution in [0, 0.1) is 21.0 Å². The normalized spacial score (nSPS) is 13.0. The number of alkyl halides is 3. The number of fused-ring (bicyclic) bond motifs is 3. The average molecular weight is 456 g/mol. The zero-order valence-corrected chi connectivity index (χ0v) is 15.1. The van der Waals surface area contributed by atoms with Crippen molar-refractivity contribution in [2.45, 2.75) is 19.4 Å². The Bertz CT molecular complexity index is 846. The number of hydrogen-bond acceptors (Lipinski definition) is 3. The van der Waals surface area contributed by atoms with Crippen molar-refractivity contribution in [2.75, 3.05) is 0 Å². The summed E-state index contributed by atoms with van der Waals surface area (Å²) in [6.45, 7) is 4.40. The number of halogens is 4. The van der Waals surface area contributed by atoms with Gasteiger partial charge in [-0.05, 0) is 37.6 Å². The van der Waals surface area contributed by atoms with Crippen molar-refractivity contribution in [1.82, 2.24) is 0 Å². The molecule has 0 aromatic heterocycles. The lowest BCUT2D eigenvalue weighted by Crippen LogP contribution is -3.61. The van der Waals surface area contributed by atoms with Gasteiger partial charge in [0.25, 0.3) is 0 Å². The highest BCUT2D eigenvalue weighted by atomic mass is 127. The second-order valence-electron chi connectivity index (χ2n) is 4.91. The Morgan fingerprint density at radius 3 is 2.22 bits per heavy atom. The fourth-order valence-corrected chi connectivity index (χ4v) is 5.15. The Balaban J connectivity index is 0.000000207. The van der Waals surface area contributed by atoms with Crippen molar-refractivity contribution in [3.63, 3.8) is 0 Å². The van der Waals surface area contributed by atoms with E-state index in [1.54, 1.807) is 7.14 Å². The van der Waals surface area contributed by atoms with Crippen LogP contribution in [-0.4, -0.2) is 18.5 Å². The van der Waals surface area contributed by atoms with Gasteiger partial charge < -0.3 is 4.55 Å². The maximum absolute atomic E-state index is 10.7. The zero-order valence-electron chi connectivity index (χ0n) is 12.1. The quantitative estimate of drug-likeness (QED) is 0.281. The zero-order chi connectivity index (χ0) is 17.4. The summed E-state index contributed by atoms with van der Waals surface area (Å²) in [6, 6.07) is 13.6. The van der Waals surface area contributed by atoms with E-state index in [-0.39, 0.29) is 21.2 Å². The van der Waals surface area contributed by atoms with Crippen LogP contribution >= 0.6 is 0 Å². The lowest BCUT2D eigenvalue weighted by Gasteiger charge is -2.08. The first-order valence-corrected chi connectivity index (χ1v) is 9.95. The van der Waals surface area contributed by atoms with E-state index in [0.717, 1.165) is 0 Å². The molecule has 2 aromatic carbocycles. The van der Waals surface area contributed by atoms with Crippen LogP contribution in [0.1, 0.15) is 11.1 Å². The molecule has 124 valence electrons. The molecule has 0 amide bonds. The van der Waals surface area contributed by atoms with E-state index in [1.165, 1.54) is 22.3 Å². The fourth-order valence-electron chi connectivity index (χ4n) is 2.07. The largest absolute Gasteiger partial charge is 0.741 e. The van der Waals surface area contributed by atoms with Crippen LogP contribution < -0.4 is 21.2 Å². The van der Waals surface area contributed by atoms with Gasteiger partial charge in [0.05, 0.1) is 0 Å². The third kappa shape index (κ3) is 4.04. The second-order valence-corrected chi connectivity index (χ2v) is 9.14. The van der Waals surface area contributed by atoms with Gasteiger partial charge in [0, 0.05) is 11.1 Å². The summed E-state index contributed by atoms with van der Waals surface area (Å²) < 4.78 is 62.1. The molecule has 0 fully saturated rings. The van der Waals surface area contributed by atoms with E-state index >= 15 is 0 Å². The Hall–Kier alpha value is -1.13. The molecule has 8 heteroatoms. The van der Waals surface area contributed by atoms with Gasteiger partial charge in [-0.15, -0.1) is 0 Å². The van der Waals surface area contributed by atoms with E-state index in [4.69, 9.17) is 13.0 Å². The summed E-state index contributed by atoms with van der Waals surface area (Å²) >= 11 is 0.0732. The summed E-state index contributed by atoms with van der Waals surface area (Å²) in [5.74, 6) is 0. The fraction of sp³-hybridized carbons (Fsp3) is 0.200. The Morgan fingerprint density at radius 2 is 1.65 bits per heavy atom. The minimum atomic E-state index is -6.09. The van der Waals surface area contributed by atoms with Crippen molar-refractivity contribution in [1.29, 1.82) is 0 Å². The molecule has 1 heterocycles. The Kier molecular flexibility index (Phi) is 5.07. The minimum Gasteiger partial charge on any atom is -0.741 e. The molecule has 1 aliphatic rings. The SMILES string of the molecule is Cc1ccc2c(c1)-c1c(C)cccc1[I+]2.O=S(=O)([O-])C(F)(F)F. The van der Waals surface area contributed by atoms with Crippen LogP contribution in [0.4, 0.5) is 13.2 Å². The molecule has 0 N–H and O–H groups in total. The van der Waals surface area contributed by atoms with Gasteiger partial charge in [-0.3, -0.25) is 0 Å². The van der Waals surface area contributed by atoms with Crippen LogP contribution in [-0.2, 0) is 10.1 Å². The van der Waals surface area contributed by atoms with E-state index in [0.29, 0.717) is 0 Å². The number of aryl methyl sites for hydroxylation is 2. The Morgan fingerprint density at radius 1 is 1.04 bits per heavy atom. The smallest absolute Gasteiger partial charge is 0.485 e. The van der Waals surface area contributed by atoms with Crippen LogP contribution in [0.5, 0.6) is 0 Å². The predicted octanol–water partition coefficient (Wildman–Crippen LogP) is 0.464. The van der Waals surface area contributed by atoms with Gasteiger partial charge in [0.1, 0.15) is 0 Å². The van der Waals surface area contributed by atoms with Crippen molar-refractivity contribution < 1.29 is 47.3 Å². The molecule has 0 saturated carbocycles. The summed E-state index contributed by atoms with van der Waals surface area (Å²) in [5.41, 5.74) is 0.165. The highest BCUT2D eigenvalue weighted by Crippen LogP contribution is 2.26. The summed E-state index contributed by atoms with van der Waals surface area (Å²) in [7, 11) is -6.09. The molecule has 3 rings (SSSR count). The van der Waals surface area contributed by atoms with Crippen molar-refractivity contribution in [3.8, 4) is 11.1 Å². The summed E-state index contributed by atoms with van der Waals surface area (Å²) in [5, 5.41) is 0. The second kappa shape index (κ2) is 6.40. The molecule has 1 aliphatic heterocycles. The molecular weight excluding hydrogens is 444 g/mol. The van der Waals surface area contributed by atoms with Gasteiger partial charge in [-0.1, -0.05) is 23.8 Å². The van der Waals surface area contributed by atoms with Crippen LogP contribution in [0.3, 0.4) is 0 Å². The standard InChI is InChI=1S/C14H12I.CHF3O3S/c1-9-6-7-12-11(8-9)14-10(2)4-3-5-13(14)15-12;2-1(3,4)8(5,6)7/h3-8H,1-2H3;(H,5,6,7)/q+1;/p-1. The number of benzene rings is 2. The van der Waals surface area contributed by atoms with Gasteiger partial charge >= 0.3 is 26.7 Å².